The molecule has 0 unspecified atom stereocenters. The molecule has 1 heterocycles. The Kier molecular flexibility index (Phi) is 3.19. The van der Waals surface area contributed by atoms with Gasteiger partial charge < -0.3 is 10.4 Å². The van der Waals surface area contributed by atoms with Crippen LogP contribution in [0, 0.1) is 0 Å². The van der Waals surface area contributed by atoms with Crippen molar-refractivity contribution >= 4 is 40.6 Å². The van der Waals surface area contributed by atoms with Crippen molar-refractivity contribution in [2.24, 2.45) is 4.99 Å². The number of nitrogens with zero attached hydrogens (tertiary/aromatic N) is 1. The number of hydrogen-bond donors (Lipinski definition) is 2. The highest BCUT2D eigenvalue weighted by Gasteiger charge is 2.26. The summed E-state index contributed by atoms with van der Waals surface area (Å²) in [6.45, 7) is 0. The molecule has 1 aliphatic rings. The molecule has 6 heteroatoms. The first kappa shape index (κ1) is 13.3. The number of anilines is 1. The van der Waals surface area contributed by atoms with Gasteiger partial charge in [0.1, 0.15) is 5.71 Å². The number of aromatic carboxylic acids is 1. The van der Waals surface area contributed by atoms with Crippen LogP contribution in [-0.2, 0) is 4.79 Å². The molecule has 0 atom stereocenters. The van der Waals surface area contributed by atoms with Gasteiger partial charge in [0, 0.05) is 10.6 Å². The fourth-order valence-electron chi connectivity index (χ4n) is 2.04. The second kappa shape index (κ2) is 5.03. The van der Waals surface area contributed by atoms with E-state index in [0.717, 1.165) is 0 Å². The summed E-state index contributed by atoms with van der Waals surface area (Å²) in [6, 6.07) is 11.0. The van der Waals surface area contributed by atoms with Crippen molar-refractivity contribution in [3.05, 3.63) is 58.6 Å². The lowest BCUT2D eigenvalue weighted by atomic mass is 10.1. The standard InChI is InChI=1S/C15H9ClN2O3/c16-9-3-6-12-11(7-9)13(14(19)18-12)17-10-4-1-8(2-5-10)15(20)21/h1-7H,(H,20,21)(H,17,18,19). The summed E-state index contributed by atoms with van der Waals surface area (Å²) in [7, 11) is 0. The zero-order valence-corrected chi connectivity index (χ0v) is 11.4. The molecular formula is C15H9ClN2O3. The highest BCUT2D eigenvalue weighted by Crippen LogP contribution is 2.28. The number of carbonyl (C=O) groups excluding carboxylic acids is 1. The van der Waals surface area contributed by atoms with E-state index in [1.807, 2.05) is 0 Å². The molecule has 0 radical (unpaired) electrons. The Morgan fingerprint density at radius 1 is 1.14 bits per heavy atom. The second-order valence-electron chi connectivity index (χ2n) is 4.46. The molecular weight excluding hydrogens is 292 g/mol. The first-order valence-electron chi connectivity index (χ1n) is 6.08. The van der Waals surface area contributed by atoms with Crippen LogP contribution in [0.1, 0.15) is 15.9 Å². The Morgan fingerprint density at radius 2 is 1.86 bits per heavy atom. The number of carboxylic acid groups (broad SMARTS) is 1. The molecule has 0 saturated heterocycles. The van der Waals surface area contributed by atoms with Gasteiger partial charge in [-0.2, -0.15) is 0 Å². The molecule has 0 spiro atoms. The number of hydrogen-bond acceptors (Lipinski definition) is 3. The van der Waals surface area contributed by atoms with Crippen molar-refractivity contribution < 1.29 is 14.7 Å². The Balaban J connectivity index is 2.02. The molecule has 5 nitrogen and oxygen atoms in total. The van der Waals surface area contributed by atoms with Crippen molar-refractivity contribution in [3.8, 4) is 0 Å². The van der Waals surface area contributed by atoms with Crippen LogP contribution in [0.2, 0.25) is 5.02 Å². The van der Waals surface area contributed by atoms with Gasteiger partial charge in [0.2, 0.25) is 0 Å². The van der Waals surface area contributed by atoms with E-state index in [4.69, 9.17) is 16.7 Å². The van der Waals surface area contributed by atoms with Gasteiger partial charge in [0.05, 0.1) is 16.9 Å². The number of rotatable bonds is 2. The van der Waals surface area contributed by atoms with E-state index in [9.17, 15) is 9.59 Å². The fraction of sp³-hybridized carbons (Fsp3) is 0. The van der Waals surface area contributed by atoms with Gasteiger partial charge >= 0.3 is 5.97 Å². The largest absolute Gasteiger partial charge is 0.478 e. The molecule has 0 saturated carbocycles. The minimum Gasteiger partial charge on any atom is -0.478 e. The molecule has 21 heavy (non-hydrogen) atoms. The first-order valence-corrected chi connectivity index (χ1v) is 6.46. The van der Waals surface area contributed by atoms with E-state index in [2.05, 4.69) is 10.3 Å². The van der Waals surface area contributed by atoms with Crippen LogP contribution >= 0.6 is 11.6 Å². The average molecular weight is 301 g/mol. The van der Waals surface area contributed by atoms with Crippen LogP contribution in [0.3, 0.4) is 0 Å². The first-order chi connectivity index (χ1) is 10.0. The zero-order valence-electron chi connectivity index (χ0n) is 10.6. The minimum absolute atomic E-state index is 0.165. The van der Waals surface area contributed by atoms with E-state index in [-0.39, 0.29) is 17.2 Å². The summed E-state index contributed by atoms with van der Waals surface area (Å²) in [5.41, 5.74) is 2.21. The molecule has 0 aliphatic carbocycles. The van der Waals surface area contributed by atoms with Gasteiger partial charge in [-0.1, -0.05) is 11.6 Å². The summed E-state index contributed by atoms with van der Waals surface area (Å²) in [4.78, 5) is 27.0. The predicted octanol–water partition coefficient (Wildman–Crippen LogP) is 3.11. The summed E-state index contributed by atoms with van der Waals surface area (Å²) in [6.07, 6.45) is 0. The smallest absolute Gasteiger partial charge is 0.335 e. The zero-order chi connectivity index (χ0) is 15.0. The minimum atomic E-state index is -1.01. The molecule has 2 N–H and O–H groups in total. The van der Waals surface area contributed by atoms with Crippen LogP contribution in [0.5, 0.6) is 0 Å². The van der Waals surface area contributed by atoms with E-state index >= 15 is 0 Å². The monoisotopic (exact) mass is 300 g/mol. The number of carboxylic acids is 1. The van der Waals surface area contributed by atoms with Gasteiger partial charge in [-0.15, -0.1) is 0 Å². The Bertz CT molecular complexity index is 782. The number of amides is 1. The van der Waals surface area contributed by atoms with Crippen molar-refractivity contribution in [2.75, 3.05) is 5.32 Å². The lowest BCUT2D eigenvalue weighted by Gasteiger charge is -2.00. The van der Waals surface area contributed by atoms with Gasteiger partial charge in [-0.3, -0.25) is 4.79 Å². The van der Waals surface area contributed by atoms with Crippen molar-refractivity contribution in [1.82, 2.24) is 0 Å². The Morgan fingerprint density at radius 3 is 2.52 bits per heavy atom. The molecule has 2 aromatic carbocycles. The third-order valence-corrected chi connectivity index (χ3v) is 3.29. The highest BCUT2D eigenvalue weighted by molar-refractivity contribution is 6.54. The molecule has 104 valence electrons. The number of benzene rings is 2. The predicted molar refractivity (Wildman–Crippen MR) is 79.7 cm³/mol. The topological polar surface area (TPSA) is 78.8 Å². The van der Waals surface area contributed by atoms with Gasteiger partial charge in [-0.05, 0) is 42.5 Å². The third kappa shape index (κ3) is 2.51. The summed E-state index contributed by atoms with van der Waals surface area (Å²) in [5, 5.41) is 12.1. The Hall–Kier alpha value is -2.66. The number of fused-ring (bicyclic) bond motifs is 1. The maximum atomic E-state index is 11.9. The third-order valence-electron chi connectivity index (χ3n) is 3.06. The van der Waals surface area contributed by atoms with Crippen molar-refractivity contribution in [2.45, 2.75) is 0 Å². The van der Waals surface area contributed by atoms with Crippen LogP contribution in [0.25, 0.3) is 0 Å². The average Bonchev–Trinajstić information content (AvgIpc) is 2.76. The molecule has 0 aromatic heterocycles. The van der Waals surface area contributed by atoms with Crippen LogP contribution in [0.4, 0.5) is 11.4 Å². The van der Waals surface area contributed by atoms with Crippen molar-refractivity contribution in [3.63, 3.8) is 0 Å². The molecule has 3 rings (SSSR count). The molecule has 0 fully saturated rings. The lowest BCUT2D eigenvalue weighted by molar-refractivity contribution is -0.110. The quantitative estimate of drug-likeness (QED) is 0.894. The fourth-order valence-corrected chi connectivity index (χ4v) is 2.22. The normalized spacial score (nSPS) is 14.9. The van der Waals surface area contributed by atoms with Crippen LogP contribution in [-0.4, -0.2) is 22.7 Å². The summed E-state index contributed by atoms with van der Waals surface area (Å²) in [5.74, 6) is -1.32. The van der Waals surface area contributed by atoms with Crippen LogP contribution in [0.15, 0.2) is 47.5 Å². The van der Waals surface area contributed by atoms with Crippen molar-refractivity contribution in [1.29, 1.82) is 0 Å². The highest BCUT2D eigenvalue weighted by atomic mass is 35.5. The lowest BCUT2D eigenvalue weighted by Crippen LogP contribution is -2.13. The molecule has 1 amide bonds. The molecule has 1 aliphatic heterocycles. The van der Waals surface area contributed by atoms with E-state index < -0.39 is 5.97 Å². The second-order valence-corrected chi connectivity index (χ2v) is 4.89. The number of aliphatic imine (C=N–C) groups is 1. The number of carbonyl (C=O) groups is 2. The molecule has 2 aromatic rings. The Labute approximate surface area is 124 Å². The maximum Gasteiger partial charge on any atom is 0.335 e. The van der Waals surface area contributed by atoms with Gasteiger partial charge in [0.25, 0.3) is 5.91 Å². The maximum absolute atomic E-state index is 11.9. The molecule has 0 bridgehead atoms. The van der Waals surface area contributed by atoms with Gasteiger partial charge in [-0.25, -0.2) is 9.79 Å². The summed E-state index contributed by atoms with van der Waals surface area (Å²) >= 11 is 5.94. The van der Waals surface area contributed by atoms with Gasteiger partial charge in [0.15, 0.2) is 0 Å². The van der Waals surface area contributed by atoms with E-state index in [1.54, 1.807) is 30.3 Å². The SMILES string of the molecule is O=C1Nc2ccc(Cl)cc2C1=Nc1ccc(C(=O)O)cc1. The van der Waals surface area contributed by atoms with E-state index in [0.29, 0.717) is 22.0 Å². The number of nitrogens with one attached hydrogen (secondary N) is 1. The summed E-state index contributed by atoms with van der Waals surface area (Å²) < 4.78 is 0. The number of halogens is 1. The van der Waals surface area contributed by atoms with E-state index in [1.165, 1.54) is 12.1 Å². The van der Waals surface area contributed by atoms with Crippen LogP contribution < -0.4 is 5.32 Å².